The van der Waals surface area contributed by atoms with E-state index in [1.165, 1.54) is 0 Å². The highest BCUT2D eigenvalue weighted by molar-refractivity contribution is 5.76. The summed E-state index contributed by atoms with van der Waals surface area (Å²) >= 11 is 0. The first-order valence-electron chi connectivity index (χ1n) is 6.62. The van der Waals surface area contributed by atoms with Crippen LogP contribution in [0.3, 0.4) is 0 Å². The average Bonchev–Trinajstić information content (AvgIpc) is 2.93. The van der Waals surface area contributed by atoms with Crippen LogP contribution in [0.15, 0.2) is 54.6 Å². The van der Waals surface area contributed by atoms with E-state index in [1.54, 1.807) is 0 Å². The van der Waals surface area contributed by atoms with E-state index in [2.05, 4.69) is 10.6 Å². The lowest BCUT2D eigenvalue weighted by atomic mass is 10.1. The molecule has 2 aromatic carbocycles. The number of urea groups is 1. The molecule has 1 fully saturated rings. The van der Waals surface area contributed by atoms with Gasteiger partial charge in [0.15, 0.2) is 0 Å². The molecule has 0 saturated carbocycles. The fraction of sp³-hybridized carbons (Fsp3) is 0.188. The number of hydrogen-bond acceptors (Lipinski definition) is 2. The van der Waals surface area contributed by atoms with E-state index in [0.29, 0.717) is 13.2 Å². The molecule has 2 aromatic rings. The molecule has 102 valence electrons. The minimum Gasteiger partial charge on any atom is -0.489 e. The molecule has 4 heteroatoms. The normalized spacial score (nSPS) is 17.4. The van der Waals surface area contributed by atoms with Crippen molar-refractivity contribution in [3.63, 3.8) is 0 Å². The molecule has 1 heterocycles. The highest BCUT2D eigenvalue weighted by Crippen LogP contribution is 2.20. The summed E-state index contributed by atoms with van der Waals surface area (Å²) in [6.45, 7) is 1.19. The van der Waals surface area contributed by atoms with Crippen LogP contribution >= 0.6 is 0 Å². The number of rotatable bonds is 4. The zero-order valence-corrected chi connectivity index (χ0v) is 11.0. The van der Waals surface area contributed by atoms with Gasteiger partial charge in [-0.2, -0.15) is 0 Å². The molecular weight excluding hydrogens is 252 g/mol. The van der Waals surface area contributed by atoms with E-state index in [0.717, 1.165) is 16.9 Å². The quantitative estimate of drug-likeness (QED) is 0.895. The van der Waals surface area contributed by atoms with Gasteiger partial charge in [-0.05, 0) is 23.3 Å². The summed E-state index contributed by atoms with van der Waals surface area (Å²) in [6, 6.07) is 17.8. The summed E-state index contributed by atoms with van der Waals surface area (Å²) in [6.07, 6.45) is 0. The van der Waals surface area contributed by atoms with Crippen molar-refractivity contribution in [2.45, 2.75) is 12.6 Å². The van der Waals surface area contributed by atoms with Gasteiger partial charge in [0.2, 0.25) is 0 Å². The minimum absolute atomic E-state index is 0.0469. The second kappa shape index (κ2) is 5.65. The predicted octanol–water partition coefficient (Wildman–Crippen LogP) is 2.62. The first-order chi connectivity index (χ1) is 9.81. The molecule has 2 amide bonds. The number of nitrogens with one attached hydrogen (secondary N) is 2. The fourth-order valence-corrected chi connectivity index (χ4v) is 2.19. The van der Waals surface area contributed by atoms with E-state index in [4.69, 9.17) is 4.74 Å². The summed E-state index contributed by atoms with van der Waals surface area (Å²) in [7, 11) is 0. The van der Waals surface area contributed by atoms with E-state index < -0.39 is 0 Å². The summed E-state index contributed by atoms with van der Waals surface area (Å²) in [5.41, 5.74) is 2.22. The molecule has 0 radical (unpaired) electrons. The van der Waals surface area contributed by atoms with Crippen LogP contribution in [0.1, 0.15) is 17.2 Å². The molecule has 0 aliphatic carbocycles. The Hall–Kier alpha value is -2.49. The number of benzene rings is 2. The van der Waals surface area contributed by atoms with Gasteiger partial charge in [0, 0.05) is 6.54 Å². The third-order valence-corrected chi connectivity index (χ3v) is 3.30. The molecule has 20 heavy (non-hydrogen) atoms. The van der Waals surface area contributed by atoms with Crippen LogP contribution in [0.25, 0.3) is 0 Å². The van der Waals surface area contributed by atoms with Gasteiger partial charge in [-0.1, -0.05) is 42.5 Å². The van der Waals surface area contributed by atoms with Crippen molar-refractivity contribution in [1.29, 1.82) is 0 Å². The van der Waals surface area contributed by atoms with Gasteiger partial charge >= 0.3 is 6.03 Å². The topological polar surface area (TPSA) is 50.4 Å². The number of carbonyl (C=O) groups is 1. The van der Waals surface area contributed by atoms with Gasteiger partial charge in [-0.3, -0.25) is 0 Å². The molecule has 1 atom stereocenters. The Kier molecular flexibility index (Phi) is 3.54. The van der Waals surface area contributed by atoms with Crippen LogP contribution < -0.4 is 15.4 Å². The van der Waals surface area contributed by atoms with Crippen molar-refractivity contribution in [3.8, 4) is 5.75 Å². The SMILES string of the molecule is O=C1NC[C@@H](c2ccc(OCc3ccccc3)cc2)N1. The Bertz CT molecular complexity index is 581. The van der Waals surface area contributed by atoms with Crippen molar-refractivity contribution in [1.82, 2.24) is 10.6 Å². The third-order valence-electron chi connectivity index (χ3n) is 3.30. The van der Waals surface area contributed by atoms with Crippen molar-refractivity contribution in [3.05, 3.63) is 65.7 Å². The maximum Gasteiger partial charge on any atom is 0.315 e. The maximum atomic E-state index is 11.1. The number of ether oxygens (including phenoxy) is 1. The molecule has 4 nitrogen and oxygen atoms in total. The second-order valence-corrected chi connectivity index (χ2v) is 4.75. The van der Waals surface area contributed by atoms with Gasteiger partial charge in [-0.15, -0.1) is 0 Å². The van der Waals surface area contributed by atoms with Crippen LogP contribution in [-0.2, 0) is 6.61 Å². The van der Waals surface area contributed by atoms with E-state index in [9.17, 15) is 4.79 Å². The largest absolute Gasteiger partial charge is 0.489 e. The number of hydrogen-bond donors (Lipinski definition) is 2. The second-order valence-electron chi connectivity index (χ2n) is 4.75. The smallest absolute Gasteiger partial charge is 0.315 e. The molecule has 1 aliphatic heterocycles. The van der Waals surface area contributed by atoms with Crippen molar-refractivity contribution in [2.75, 3.05) is 6.54 Å². The summed E-state index contributed by atoms with van der Waals surface area (Å²) in [5, 5.41) is 5.60. The Morgan fingerprint density at radius 1 is 1.05 bits per heavy atom. The van der Waals surface area contributed by atoms with E-state index >= 15 is 0 Å². The Labute approximate surface area is 117 Å². The van der Waals surface area contributed by atoms with Crippen LogP contribution in [0.4, 0.5) is 4.79 Å². The van der Waals surface area contributed by atoms with Gasteiger partial charge in [-0.25, -0.2) is 4.79 Å². The molecule has 2 N–H and O–H groups in total. The summed E-state index contributed by atoms with van der Waals surface area (Å²) in [4.78, 5) is 11.1. The van der Waals surface area contributed by atoms with Gasteiger partial charge in [0.25, 0.3) is 0 Å². The molecule has 0 aromatic heterocycles. The number of carbonyl (C=O) groups excluding carboxylic acids is 1. The monoisotopic (exact) mass is 268 g/mol. The average molecular weight is 268 g/mol. The van der Waals surface area contributed by atoms with Crippen molar-refractivity contribution >= 4 is 6.03 Å². The zero-order valence-electron chi connectivity index (χ0n) is 11.0. The molecule has 1 aliphatic rings. The van der Waals surface area contributed by atoms with Gasteiger partial charge < -0.3 is 15.4 Å². The van der Waals surface area contributed by atoms with Crippen LogP contribution in [0, 0.1) is 0 Å². The highest BCUT2D eigenvalue weighted by Gasteiger charge is 2.21. The van der Waals surface area contributed by atoms with Gasteiger partial charge in [0.05, 0.1) is 6.04 Å². The Morgan fingerprint density at radius 2 is 1.80 bits per heavy atom. The Balaban J connectivity index is 1.60. The first kappa shape index (κ1) is 12.5. The molecule has 1 saturated heterocycles. The standard InChI is InChI=1S/C16H16N2O2/c19-16-17-10-15(18-16)13-6-8-14(9-7-13)20-11-12-4-2-1-3-5-12/h1-9,15H,10-11H2,(H2,17,18,19)/t15-/m0/s1. The zero-order chi connectivity index (χ0) is 13.8. The Morgan fingerprint density at radius 3 is 2.45 bits per heavy atom. The summed E-state index contributed by atoms with van der Waals surface area (Å²) in [5.74, 6) is 0.829. The summed E-state index contributed by atoms with van der Waals surface area (Å²) < 4.78 is 5.73. The maximum absolute atomic E-state index is 11.1. The van der Waals surface area contributed by atoms with Gasteiger partial charge in [0.1, 0.15) is 12.4 Å². The molecule has 0 unspecified atom stereocenters. The molecule has 3 rings (SSSR count). The van der Waals surface area contributed by atoms with Crippen LogP contribution in [0.5, 0.6) is 5.75 Å². The van der Waals surface area contributed by atoms with Crippen LogP contribution in [-0.4, -0.2) is 12.6 Å². The first-order valence-corrected chi connectivity index (χ1v) is 6.62. The number of amides is 2. The lowest BCUT2D eigenvalue weighted by Gasteiger charge is -2.11. The minimum atomic E-state index is -0.112. The molecular formula is C16H16N2O2. The van der Waals surface area contributed by atoms with E-state index in [1.807, 2.05) is 54.6 Å². The lowest BCUT2D eigenvalue weighted by Crippen LogP contribution is -2.21. The predicted molar refractivity (Wildman–Crippen MR) is 76.5 cm³/mol. The molecule has 0 bridgehead atoms. The van der Waals surface area contributed by atoms with E-state index in [-0.39, 0.29) is 12.1 Å². The fourth-order valence-electron chi connectivity index (χ4n) is 2.19. The van der Waals surface area contributed by atoms with Crippen LogP contribution in [0.2, 0.25) is 0 Å². The lowest BCUT2D eigenvalue weighted by molar-refractivity contribution is 0.247. The highest BCUT2D eigenvalue weighted by atomic mass is 16.5. The van der Waals surface area contributed by atoms with Crippen molar-refractivity contribution in [2.24, 2.45) is 0 Å². The molecule has 0 spiro atoms. The van der Waals surface area contributed by atoms with Crippen molar-refractivity contribution < 1.29 is 9.53 Å². The third kappa shape index (κ3) is 2.91.